The maximum absolute atomic E-state index is 14.7. The normalized spacial score (nSPS) is 17.8. The number of hydrogen-bond acceptors (Lipinski definition) is 7. The van der Waals surface area contributed by atoms with Crippen molar-refractivity contribution in [2.75, 3.05) is 29.9 Å². The second kappa shape index (κ2) is 7.78. The van der Waals surface area contributed by atoms with Gasteiger partial charge in [0, 0.05) is 13.1 Å². The molecule has 1 saturated heterocycles. The highest BCUT2D eigenvalue weighted by molar-refractivity contribution is 6.04. The molecule has 8 nitrogen and oxygen atoms in total. The largest absolute Gasteiger partial charge is 0.371 e. The minimum atomic E-state index is -0.542. The summed E-state index contributed by atoms with van der Waals surface area (Å²) in [6.07, 6.45) is 3.90. The van der Waals surface area contributed by atoms with Gasteiger partial charge in [-0.05, 0) is 43.2 Å². The molecule has 3 aromatic rings. The molecule has 2 fully saturated rings. The zero-order chi connectivity index (χ0) is 23.3. The summed E-state index contributed by atoms with van der Waals surface area (Å²) in [6.45, 7) is 2.58. The molecule has 4 heterocycles. The Hall–Kier alpha value is -4.03. The molecule has 1 spiro atoms. The van der Waals surface area contributed by atoms with E-state index in [9.17, 15) is 14.4 Å². The fourth-order valence-electron chi connectivity index (χ4n) is 4.62. The van der Waals surface area contributed by atoms with Crippen molar-refractivity contribution >= 4 is 23.1 Å². The predicted molar refractivity (Wildman–Crippen MR) is 123 cm³/mol. The van der Waals surface area contributed by atoms with E-state index in [1.807, 2.05) is 18.2 Å². The molecule has 2 aliphatic heterocycles. The lowest BCUT2D eigenvalue weighted by molar-refractivity contribution is 0.0204. The molecule has 2 N–H and O–H groups in total. The first-order chi connectivity index (χ1) is 16.5. The van der Waals surface area contributed by atoms with Crippen LogP contribution < -0.4 is 15.5 Å². The van der Waals surface area contributed by atoms with E-state index in [0.717, 1.165) is 31.7 Å². The highest BCUT2D eigenvalue weighted by atomic mass is 19.1. The number of nitriles is 1. The zero-order valence-electron chi connectivity index (χ0n) is 18.3. The topological polar surface area (TPSA) is 103 Å². The summed E-state index contributed by atoms with van der Waals surface area (Å²) in [4.78, 5) is 23.8. The van der Waals surface area contributed by atoms with Gasteiger partial charge in [0.25, 0.3) is 5.91 Å². The van der Waals surface area contributed by atoms with E-state index in [0.29, 0.717) is 34.9 Å². The molecule has 170 valence electrons. The van der Waals surface area contributed by atoms with E-state index >= 15 is 0 Å². The molecule has 1 saturated carbocycles. The number of halogens is 1. The third-order valence-electron chi connectivity index (χ3n) is 6.54. The molecule has 0 atom stereocenters. The van der Waals surface area contributed by atoms with Gasteiger partial charge in [-0.25, -0.2) is 14.4 Å². The minimum Gasteiger partial charge on any atom is -0.371 e. The SMILES string of the molecule is N#Cc1cccc(F)c1-c1cc(Nc2ccc(N3CCOC4(CC4)C3)nc2)c2c(n1)CNC2=O. The number of morpholine rings is 1. The van der Waals surface area contributed by atoms with Crippen molar-refractivity contribution in [3.8, 4) is 17.3 Å². The van der Waals surface area contributed by atoms with Crippen molar-refractivity contribution in [1.29, 1.82) is 5.26 Å². The molecule has 1 amide bonds. The van der Waals surface area contributed by atoms with Crippen LogP contribution in [-0.4, -0.2) is 41.2 Å². The van der Waals surface area contributed by atoms with Crippen LogP contribution in [0.25, 0.3) is 11.3 Å². The summed E-state index contributed by atoms with van der Waals surface area (Å²) >= 11 is 0. The molecular formula is C25H21FN6O2. The van der Waals surface area contributed by atoms with E-state index in [-0.39, 0.29) is 29.2 Å². The van der Waals surface area contributed by atoms with E-state index in [1.54, 1.807) is 18.3 Å². The Balaban J connectivity index is 1.33. The summed E-state index contributed by atoms with van der Waals surface area (Å²) in [5.41, 5.74) is 2.68. The molecule has 1 aromatic carbocycles. The minimum absolute atomic E-state index is 0.00714. The molecule has 3 aliphatic rings. The first-order valence-electron chi connectivity index (χ1n) is 11.2. The number of carbonyl (C=O) groups excluding carboxylic acids is 1. The Labute approximate surface area is 195 Å². The van der Waals surface area contributed by atoms with Crippen LogP contribution in [0, 0.1) is 17.1 Å². The molecule has 34 heavy (non-hydrogen) atoms. The number of nitrogens with zero attached hydrogens (tertiary/aromatic N) is 4. The predicted octanol–water partition coefficient (Wildman–Crippen LogP) is 3.51. The first-order valence-corrected chi connectivity index (χ1v) is 11.2. The number of benzene rings is 1. The van der Waals surface area contributed by atoms with Crippen LogP contribution in [-0.2, 0) is 11.3 Å². The maximum Gasteiger partial charge on any atom is 0.255 e. The molecule has 6 rings (SSSR count). The Bertz CT molecular complexity index is 1350. The second-order valence-electron chi connectivity index (χ2n) is 8.82. The first kappa shape index (κ1) is 20.6. The van der Waals surface area contributed by atoms with Gasteiger partial charge in [0.1, 0.15) is 11.6 Å². The highest BCUT2D eigenvalue weighted by Gasteiger charge is 2.47. The van der Waals surface area contributed by atoms with Gasteiger partial charge in [-0.2, -0.15) is 5.26 Å². The fourth-order valence-corrected chi connectivity index (χ4v) is 4.62. The summed E-state index contributed by atoms with van der Waals surface area (Å²) in [6, 6.07) is 11.8. The van der Waals surface area contributed by atoms with Crippen molar-refractivity contribution in [3.63, 3.8) is 0 Å². The van der Waals surface area contributed by atoms with Crippen LogP contribution in [0.2, 0.25) is 0 Å². The molecule has 1 aliphatic carbocycles. The van der Waals surface area contributed by atoms with Gasteiger partial charge in [-0.3, -0.25) is 4.79 Å². The van der Waals surface area contributed by atoms with E-state index in [4.69, 9.17) is 4.74 Å². The third-order valence-corrected chi connectivity index (χ3v) is 6.54. The quantitative estimate of drug-likeness (QED) is 0.619. The number of hydrogen-bond donors (Lipinski definition) is 2. The van der Waals surface area contributed by atoms with Crippen molar-refractivity contribution in [2.45, 2.75) is 25.0 Å². The van der Waals surface area contributed by atoms with Crippen LogP contribution in [0.4, 0.5) is 21.6 Å². The lowest BCUT2D eigenvalue weighted by Crippen LogP contribution is -2.44. The lowest BCUT2D eigenvalue weighted by atomic mass is 10.0. The van der Waals surface area contributed by atoms with Gasteiger partial charge in [0.15, 0.2) is 0 Å². The van der Waals surface area contributed by atoms with Gasteiger partial charge in [-0.1, -0.05) is 6.07 Å². The Kier molecular flexibility index (Phi) is 4.71. The number of nitrogens with one attached hydrogen (secondary N) is 2. The summed E-state index contributed by atoms with van der Waals surface area (Å²) in [5.74, 6) is 0.0847. The number of pyridine rings is 2. The maximum atomic E-state index is 14.7. The lowest BCUT2D eigenvalue weighted by Gasteiger charge is -2.34. The summed E-state index contributed by atoms with van der Waals surface area (Å²) < 4.78 is 20.6. The van der Waals surface area contributed by atoms with E-state index in [2.05, 4.69) is 25.5 Å². The third kappa shape index (κ3) is 3.53. The number of fused-ring (bicyclic) bond motifs is 1. The summed E-state index contributed by atoms with van der Waals surface area (Å²) in [7, 11) is 0. The number of rotatable bonds is 4. The fraction of sp³-hybridized carbons (Fsp3) is 0.280. The highest BCUT2D eigenvalue weighted by Crippen LogP contribution is 2.42. The zero-order valence-corrected chi connectivity index (χ0v) is 18.3. The molecule has 9 heteroatoms. The Morgan fingerprint density at radius 3 is 2.88 bits per heavy atom. The monoisotopic (exact) mass is 456 g/mol. The number of anilines is 3. The molecule has 0 unspecified atom stereocenters. The number of ether oxygens (including phenoxy) is 1. The van der Waals surface area contributed by atoms with Gasteiger partial charge < -0.3 is 20.3 Å². The molecular weight excluding hydrogens is 435 g/mol. The van der Waals surface area contributed by atoms with Crippen LogP contribution >= 0.6 is 0 Å². The molecule has 2 aromatic heterocycles. The number of aromatic nitrogens is 2. The molecule has 0 bridgehead atoms. The molecule has 0 radical (unpaired) electrons. The van der Waals surface area contributed by atoms with E-state index < -0.39 is 5.82 Å². The van der Waals surface area contributed by atoms with Gasteiger partial charge in [0.2, 0.25) is 0 Å². The average Bonchev–Trinajstić information content (AvgIpc) is 3.48. The Morgan fingerprint density at radius 2 is 2.12 bits per heavy atom. The number of amides is 1. The van der Waals surface area contributed by atoms with Crippen LogP contribution in [0.3, 0.4) is 0 Å². The van der Waals surface area contributed by atoms with Gasteiger partial charge in [-0.15, -0.1) is 0 Å². The second-order valence-corrected chi connectivity index (χ2v) is 8.82. The average molecular weight is 456 g/mol. The van der Waals surface area contributed by atoms with Crippen molar-refractivity contribution in [1.82, 2.24) is 15.3 Å². The van der Waals surface area contributed by atoms with Crippen molar-refractivity contribution < 1.29 is 13.9 Å². The standard InChI is InChI=1S/C25H21FN6O2/c26-17-3-1-2-15(11-27)22(17)18-10-19(23-20(31-18)13-29-24(23)33)30-16-4-5-21(28-12-16)32-8-9-34-25(14-32)6-7-25/h1-5,10,12H,6-9,13-14H2,(H,29,33)(H,30,31). The van der Waals surface area contributed by atoms with Gasteiger partial charge >= 0.3 is 0 Å². The summed E-state index contributed by atoms with van der Waals surface area (Å²) in [5, 5.41) is 15.5. The van der Waals surface area contributed by atoms with Crippen LogP contribution in [0.1, 0.15) is 34.5 Å². The van der Waals surface area contributed by atoms with Gasteiger partial charge in [0.05, 0.1) is 70.5 Å². The van der Waals surface area contributed by atoms with Crippen molar-refractivity contribution in [2.24, 2.45) is 0 Å². The van der Waals surface area contributed by atoms with Crippen LogP contribution in [0.5, 0.6) is 0 Å². The van der Waals surface area contributed by atoms with Crippen molar-refractivity contribution in [3.05, 3.63) is 65.2 Å². The smallest absolute Gasteiger partial charge is 0.255 e. The van der Waals surface area contributed by atoms with E-state index in [1.165, 1.54) is 12.1 Å². The Morgan fingerprint density at radius 1 is 1.24 bits per heavy atom. The van der Waals surface area contributed by atoms with Crippen LogP contribution in [0.15, 0.2) is 42.6 Å². The number of carbonyl (C=O) groups is 1.